The van der Waals surface area contributed by atoms with E-state index >= 15 is 0 Å². The van der Waals surface area contributed by atoms with Crippen molar-refractivity contribution in [3.8, 4) is 0 Å². The summed E-state index contributed by atoms with van der Waals surface area (Å²) in [7, 11) is -4.37. The first kappa shape index (κ1) is 29.1. The zero-order valence-corrected chi connectivity index (χ0v) is 22.6. The van der Waals surface area contributed by atoms with Gasteiger partial charge in [-0.25, -0.2) is 13.4 Å². The number of carbonyl (C=O) groups excluding carboxylic acids is 1. The third-order valence-electron chi connectivity index (χ3n) is 5.83. The molecule has 1 amide bonds. The van der Waals surface area contributed by atoms with Crippen molar-refractivity contribution in [2.24, 2.45) is 0 Å². The van der Waals surface area contributed by atoms with E-state index in [9.17, 15) is 23.1 Å². The van der Waals surface area contributed by atoms with Crippen LogP contribution in [0.25, 0.3) is 0 Å². The van der Waals surface area contributed by atoms with Crippen LogP contribution in [0.3, 0.4) is 0 Å². The van der Waals surface area contributed by atoms with Crippen LogP contribution in [-0.4, -0.2) is 66.6 Å². The molecule has 1 aliphatic heterocycles. The molecule has 0 saturated carbocycles. The van der Waals surface area contributed by atoms with E-state index in [0.717, 1.165) is 43.1 Å². The topological polar surface area (TPSA) is 175 Å². The number of aryl methyl sites for hydroxylation is 2. The summed E-state index contributed by atoms with van der Waals surface area (Å²) >= 11 is 11.9. The molecule has 0 bridgehead atoms. The van der Waals surface area contributed by atoms with Crippen LogP contribution in [0.4, 0.5) is 5.95 Å². The molecular formula is C22H30Cl2N6O6S. The molecule has 15 heteroatoms. The van der Waals surface area contributed by atoms with Gasteiger partial charge in [-0.1, -0.05) is 29.3 Å². The number of carboxylic acid groups (broad SMARTS) is 1. The number of anilines is 1. The van der Waals surface area contributed by atoms with Crippen LogP contribution in [-0.2, 0) is 24.4 Å². The average Bonchev–Trinajstić information content (AvgIpc) is 3.42. The van der Waals surface area contributed by atoms with Gasteiger partial charge in [-0.3, -0.25) is 14.4 Å². The summed E-state index contributed by atoms with van der Waals surface area (Å²) in [5, 5.41) is 14.8. The Morgan fingerprint density at radius 2 is 1.95 bits per heavy atom. The minimum atomic E-state index is -4.37. The van der Waals surface area contributed by atoms with Gasteiger partial charge in [0.1, 0.15) is 17.0 Å². The first-order valence-corrected chi connectivity index (χ1v) is 13.9. The monoisotopic (exact) mass is 576 g/mol. The number of H-pyrrole nitrogens is 1. The molecule has 3 atom stereocenters. The minimum absolute atomic E-state index is 0.159. The van der Waals surface area contributed by atoms with Crippen molar-refractivity contribution in [1.29, 1.82) is 0 Å². The highest BCUT2D eigenvalue weighted by molar-refractivity contribution is 7.89. The van der Waals surface area contributed by atoms with Crippen LogP contribution in [0.1, 0.15) is 37.1 Å². The maximum Gasteiger partial charge on any atom is 0.323 e. The SMILES string of the molecule is Cc1nc(NCCCCC2CC(C(=O)NCC(NS(=O)(=O)c3c(Cl)cccc3Cl)C(=O)O)NO2)[nH]c1C. The van der Waals surface area contributed by atoms with E-state index in [4.69, 9.17) is 28.0 Å². The number of hydroxylamine groups is 1. The molecule has 6 N–H and O–H groups in total. The molecule has 1 fully saturated rings. The van der Waals surface area contributed by atoms with Crippen LogP contribution in [0.2, 0.25) is 10.0 Å². The summed E-state index contributed by atoms with van der Waals surface area (Å²) in [6.07, 6.45) is 2.69. The Bertz CT molecular complexity index is 1180. The predicted octanol–water partition coefficient (Wildman–Crippen LogP) is 2.13. The molecule has 0 aliphatic carbocycles. The number of rotatable bonds is 13. The van der Waals surface area contributed by atoms with Crippen LogP contribution in [0.5, 0.6) is 0 Å². The number of aromatic nitrogens is 2. The number of nitrogens with zero attached hydrogens (tertiary/aromatic N) is 1. The molecule has 1 aromatic heterocycles. The van der Waals surface area contributed by atoms with Crippen molar-refractivity contribution < 1.29 is 28.0 Å². The number of aliphatic carboxylic acids is 1. The molecule has 37 heavy (non-hydrogen) atoms. The Morgan fingerprint density at radius 3 is 2.57 bits per heavy atom. The predicted molar refractivity (Wildman–Crippen MR) is 138 cm³/mol. The molecular weight excluding hydrogens is 547 g/mol. The molecule has 1 aliphatic rings. The third kappa shape index (κ3) is 8.03. The van der Waals surface area contributed by atoms with Crippen molar-refractivity contribution in [1.82, 2.24) is 25.5 Å². The van der Waals surface area contributed by atoms with E-state index in [1.807, 2.05) is 18.6 Å². The summed E-state index contributed by atoms with van der Waals surface area (Å²) in [4.78, 5) is 36.8. The van der Waals surface area contributed by atoms with Crippen LogP contribution in [0, 0.1) is 13.8 Å². The highest BCUT2D eigenvalue weighted by Crippen LogP contribution is 2.29. The van der Waals surface area contributed by atoms with Gasteiger partial charge in [0.2, 0.25) is 21.9 Å². The van der Waals surface area contributed by atoms with Crippen molar-refractivity contribution in [2.45, 2.75) is 62.6 Å². The Balaban J connectivity index is 1.42. The molecule has 1 aromatic carbocycles. The number of amides is 1. The summed E-state index contributed by atoms with van der Waals surface area (Å²) < 4.78 is 27.4. The quantitative estimate of drug-likeness (QED) is 0.195. The van der Waals surface area contributed by atoms with Crippen molar-refractivity contribution in [3.63, 3.8) is 0 Å². The van der Waals surface area contributed by atoms with Gasteiger partial charge in [0, 0.05) is 25.2 Å². The van der Waals surface area contributed by atoms with E-state index in [2.05, 4.69) is 26.1 Å². The Hall–Kier alpha value is -2.42. The number of halogens is 2. The second-order valence-corrected chi connectivity index (χ2v) is 11.1. The lowest BCUT2D eigenvalue weighted by Crippen LogP contribution is -2.51. The summed E-state index contributed by atoms with van der Waals surface area (Å²) in [6.45, 7) is 4.14. The Morgan fingerprint density at radius 1 is 1.24 bits per heavy atom. The molecule has 2 aromatic rings. The Labute approximate surface area is 224 Å². The van der Waals surface area contributed by atoms with Crippen LogP contribution < -0.4 is 20.8 Å². The maximum absolute atomic E-state index is 12.7. The largest absolute Gasteiger partial charge is 0.480 e. The van der Waals surface area contributed by atoms with Gasteiger partial charge in [-0.05, 0) is 45.2 Å². The van der Waals surface area contributed by atoms with E-state index < -0.39 is 45.4 Å². The van der Waals surface area contributed by atoms with E-state index in [1.165, 1.54) is 18.2 Å². The minimum Gasteiger partial charge on any atom is -0.480 e. The molecule has 204 valence electrons. The van der Waals surface area contributed by atoms with Crippen LogP contribution >= 0.6 is 23.2 Å². The second kappa shape index (κ2) is 12.9. The molecule has 0 radical (unpaired) electrons. The lowest BCUT2D eigenvalue weighted by molar-refractivity contribution is -0.139. The number of aromatic amines is 1. The van der Waals surface area contributed by atoms with Gasteiger partial charge < -0.3 is 20.7 Å². The highest BCUT2D eigenvalue weighted by Gasteiger charge is 2.33. The first-order valence-electron chi connectivity index (χ1n) is 11.6. The summed E-state index contributed by atoms with van der Waals surface area (Å²) in [5.74, 6) is -1.24. The van der Waals surface area contributed by atoms with Crippen molar-refractivity contribution in [3.05, 3.63) is 39.6 Å². The van der Waals surface area contributed by atoms with Gasteiger partial charge in [-0.2, -0.15) is 10.2 Å². The molecule has 12 nitrogen and oxygen atoms in total. The van der Waals surface area contributed by atoms with Gasteiger partial charge in [0.05, 0.1) is 21.8 Å². The van der Waals surface area contributed by atoms with Crippen molar-refractivity contribution in [2.75, 3.05) is 18.4 Å². The lowest BCUT2D eigenvalue weighted by atomic mass is 10.1. The number of hydrogen-bond donors (Lipinski definition) is 6. The number of carbonyl (C=O) groups is 2. The number of sulfonamides is 1. The van der Waals surface area contributed by atoms with E-state index in [-0.39, 0.29) is 16.1 Å². The molecule has 1 saturated heterocycles. The van der Waals surface area contributed by atoms with E-state index in [0.29, 0.717) is 6.42 Å². The van der Waals surface area contributed by atoms with Gasteiger partial charge in [0.25, 0.3) is 0 Å². The fourth-order valence-corrected chi connectivity index (χ4v) is 6.03. The normalized spacial score (nSPS) is 18.5. The lowest BCUT2D eigenvalue weighted by Gasteiger charge is -2.18. The van der Waals surface area contributed by atoms with Gasteiger partial charge >= 0.3 is 5.97 Å². The number of nitrogens with one attached hydrogen (secondary N) is 5. The van der Waals surface area contributed by atoms with Crippen LogP contribution in [0.15, 0.2) is 23.1 Å². The maximum atomic E-state index is 12.7. The average molecular weight is 577 g/mol. The van der Waals surface area contributed by atoms with Gasteiger partial charge in [0.15, 0.2) is 0 Å². The third-order valence-corrected chi connectivity index (χ3v) is 8.26. The fraction of sp³-hybridized carbons (Fsp3) is 0.500. The van der Waals surface area contributed by atoms with Gasteiger partial charge in [-0.15, -0.1) is 0 Å². The zero-order valence-electron chi connectivity index (χ0n) is 20.3. The molecule has 3 unspecified atom stereocenters. The summed E-state index contributed by atoms with van der Waals surface area (Å²) in [5.41, 5.74) is 4.64. The van der Waals surface area contributed by atoms with Crippen molar-refractivity contribution >= 4 is 51.0 Å². The standard InChI is InChI=1S/C22H30Cl2N6O6S/c1-12-13(2)28-22(27-12)25-9-4-3-6-14-10-17(29-36-14)20(31)26-11-18(21(32)33)30-37(34,35)19-15(23)7-5-8-16(19)24/h5,7-8,14,17-18,29-30H,3-4,6,9-11H2,1-2H3,(H,26,31)(H,32,33)(H2,25,27,28). The van der Waals surface area contributed by atoms with E-state index in [1.54, 1.807) is 0 Å². The first-order chi connectivity index (χ1) is 17.5. The molecule has 2 heterocycles. The fourth-order valence-electron chi connectivity index (χ4n) is 3.70. The second-order valence-electron chi connectivity index (χ2n) is 8.67. The highest BCUT2D eigenvalue weighted by atomic mass is 35.5. The number of benzene rings is 1. The summed E-state index contributed by atoms with van der Waals surface area (Å²) in [6, 6.07) is 1.76. The number of imidazole rings is 1. The Kier molecular flexibility index (Phi) is 10.2. The number of carboxylic acids is 1. The smallest absolute Gasteiger partial charge is 0.323 e. The zero-order chi connectivity index (χ0) is 27.2. The molecule has 0 spiro atoms. The number of unbranched alkanes of at least 4 members (excludes halogenated alkanes) is 1. The number of hydrogen-bond acceptors (Lipinski definition) is 8. The molecule has 3 rings (SSSR count).